The van der Waals surface area contributed by atoms with Gasteiger partial charge in [0.15, 0.2) is 0 Å². The standard InChI is InChI=1S/C17H17N3O2S2/c1-3-22-13-6-4-12(5-7-13)20-15(21)9-23-16-14-8-11(2)24-17(14)19-10-18-16/h4-8,10H,3,9H2,1-2H3,(H,20,21). The summed E-state index contributed by atoms with van der Waals surface area (Å²) in [5.41, 5.74) is 0.753. The largest absolute Gasteiger partial charge is 0.494 e. The highest BCUT2D eigenvalue weighted by Crippen LogP contribution is 2.30. The van der Waals surface area contributed by atoms with Crippen molar-refractivity contribution in [2.75, 3.05) is 17.7 Å². The third kappa shape index (κ3) is 4.04. The fraction of sp³-hybridized carbons (Fsp3) is 0.235. The monoisotopic (exact) mass is 359 g/mol. The molecule has 24 heavy (non-hydrogen) atoms. The van der Waals surface area contributed by atoms with Crippen molar-refractivity contribution in [1.82, 2.24) is 9.97 Å². The van der Waals surface area contributed by atoms with Crippen LogP contribution in [0.3, 0.4) is 0 Å². The fourth-order valence-electron chi connectivity index (χ4n) is 2.20. The molecule has 0 radical (unpaired) electrons. The Morgan fingerprint density at radius 2 is 2.08 bits per heavy atom. The molecule has 1 amide bonds. The highest BCUT2D eigenvalue weighted by atomic mass is 32.2. The molecule has 3 aromatic rings. The van der Waals surface area contributed by atoms with Gasteiger partial charge in [-0.15, -0.1) is 11.3 Å². The average Bonchev–Trinajstić information content (AvgIpc) is 2.96. The first-order valence-corrected chi connectivity index (χ1v) is 9.32. The summed E-state index contributed by atoms with van der Waals surface area (Å²) in [4.78, 5) is 22.8. The Kier molecular flexibility index (Phi) is 5.32. The quantitative estimate of drug-likeness (QED) is 0.529. The summed E-state index contributed by atoms with van der Waals surface area (Å²) in [7, 11) is 0. The summed E-state index contributed by atoms with van der Waals surface area (Å²) in [6.45, 7) is 4.60. The number of hydrogen-bond acceptors (Lipinski definition) is 6. The molecule has 7 heteroatoms. The second-order valence-corrected chi connectivity index (χ2v) is 7.25. The number of hydrogen-bond donors (Lipinski definition) is 1. The lowest BCUT2D eigenvalue weighted by Crippen LogP contribution is -2.14. The molecule has 0 bridgehead atoms. The van der Waals surface area contributed by atoms with Gasteiger partial charge in [0.25, 0.3) is 0 Å². The molecule has 1 N–H and O–H groups in total. The maximum absolute atomic E-state index is 12.1. The Hall–Kier alpha value is -2.12. The highest BCUT2D eigenvalue weighted by molar-refractivity contribution is 8.00. The maximum Gasteiger partial charge on any atom is 0.234 e. The molecule has 0 fully saturated rings. The van der Waals surface area contributed by atoms with Crippen LogP contribution < -0.4 is 10.1 Å². The first-order chi connectivity index (χ1) is 11.7. The second-order valence-electron chi connectivity index (χ2n) is 5.05. The molecule has 0 aliphatic carbocycles. The number of nitrogens with one attached hydrogen (secondary N) is 1. The minimum atomic E-state index is -0.0668. The molecule has 0 spiro atoms. The smallest absolute Gasteiger partial charge is 0.234 e. The van der Waals surface area contributed by atoms with Gasteiger partial charge in [0.1, 0.15) is 21.9 Å². The maximum atomic E-state index is 12.1. The third-order valence-electron chi connectivity index (χ3n) is 3.21. The van der Waals surface area contributed by atoms with Gasteiger partial charge >= 0.3 is 0 Å². The van der Waals surface area contributed by atoms with Crippen LogP contribution in [0.15, 0.2) is 41.7 Å². The summed E-state index contributed by atoms with van der Waals surface area (Å²) < 4.78 is 5.38. The molecule has 1 aromatic carbocycles. The fourth-order valence-corrected chi connectivity index (χ4v) is 3.89. The number of nitrogens with zero attached hydrogens (tertiary/aromatic N) is 2. The molecule has 0 unspecified atom stereocenters. The van der Waals surface area contributed by atoms with E-state index in [1.807, 2.05) is 38.1 Å². The minimum absolute atomic E-state index is 0.0668. The molecule has 0 saturated heterocycles. The number of rotatable bonds is 6. The van der Waals surface area contributed by atoms with Crippen LogP contribution in [0.1, 0.15) is 11.8 Å². The van der Waals surface area contributed by atoms with E-state index in [2.05, 4.69) is 21.4 Å². The molecule has 2 aromatic heterocycles. The van der Waals surface area contributed by atoms with Crippen molar-refractivity contribution in [2.45, 2.75) is 18.9 Å². The number of fused-ring (bicyclic) bond motifs is 1. The first kappa shape index (κ1) is 16.7. The molecule has 124 valence electrons. The van der Waals surface area contributed by atoms with Crippen LogP contribution in [0.2, 0.25) is 0 Å². The Bertz CT molecular complexity index is 847. The summed E-state index contributed by atoms with van der Waals surface area (Å²) in [5.74, 6) is 1.03. The van der Waals surface area contributed by atoms with Gasteiger partial charge < -0.3 is 10.1 Å². The van der Waals surface area contributed by atoms with Gasteiger partial charge in [0, 0.05) is 16.0 Å². The van der Waals surface area contributed by atoms with E-state index in [1.54, 1.807) is 17.7 Å². The van der Waals surface area contributed by atoms with E-state index in [9.17, 15) is 4.79 Å². The van der Waals surface area contributed by atoms with Gasteiger partial charge in [-0.3, -0.25) is 4.79 Å². The van der Waals surface area contributed by atoms with Gasteiger partial charge in [0.05, 0.1) is 12.4 Å². The molecule has 2 heterocycles. The number of thiophene rings is 1. The van der Waals surface area contributed by atoms with Crippen LogP contribution in [0, 0.1) is 6.92 Å². The predicted molar refractivity (Wildman–Crippen MR) is 99.1 cm³/mol. The van der Waals surface area contributed by atoms with Crippen molar-refractivity contribution < 1.29 is 9.53 Å². The van der Waals surface area contributed by atoms with Gasteiger partial charge in [-0.1, -0.05) is 11.8 Å². The summed E-state index contributed by atoms with van der Waals surface area (Å²) in [6.07, 6.45) is 1.55. The van der Waals surface area contributed by atoms with E-state index < -0.39 is 0 Å². The van der Waals surface area contributed by atoms with Crippen LogP contribution in [0.25, 0.3) is 10.2 Å². The van der Waals surface area contributed by atoms with Crippen molar-refractivity contribution in [3.63, 3.8) is 0 Å². The summed E-state index contributed by atoms with van der Waals surface area (Å²) >= 11 is 3.05. The summed E-state index contributed by atoms with van der Waals surface area (Å²) in [5, 5.41) is 4.73. The van der Waals surface area contributed by atoms with E-state index in [0.717, 1.165) is 26.7 Å². The second kappa shape index (κ2) is 7.63. The SMILES string of the molecule is CCOc1ccc(NC(=O)CSc2ncnc3sc(C)cc23)cc1. The van der Waals surface area contributed by atoms with E-state index in [-0.39, 0.29) is 5.91 Å². The number of carbonyl (C=O) groups is 1. The van der Waals surface area contributed by atoms with Crippen molar-refractivity contribution >= 4 is 44.9 Å². The topological polar surface area (TPSA) is 64.1 Å². The molecule has 0 aliphatic heterocycles. The van der Waals surface area contributed by atoms with Gasteiger partial charge in [-0.05, 0) is 44.2 Å². The molecule has 0 saturated carbocycles. The average molecular weight is 359 g/mol. The van der Waals surface area contributed by atoms with E-state index >= 15 is 0 Å². The number of ether oxygens (including phenoxy) is 1. The van der Waals surface area contributed by atoms with Crippen LogP contribution >= 0.6 is 23.1 Å². The number of carbonyl (C=O) groups excluding carboxylic acids is 1. The lowest BCUT2D eigenvalue weighted by Gasteiger charge is -2.07. The van der Waals surface area contributed by atoms with Gasteiger partial charge in [-0.2, -0.15) is 0 Å². The van der Waals surface area contributed by atoms with E-state index in [0.29, 0.717) is 12.4 Å². The number of aryl methyl sites for hydroxylation is 1. The van der Waals surface area contributed by atoms with Gasteiger partial charge in [0.2, 0.25) is 5.91 Å². The lowest BCUT2D eigenvalue weighted by atomic mass is 10.3. The first-order valence-electron chi connectivity index (χ1n) is 7.52. The Morgan fingerprint density at radius 1 is 1.29 bits per heavy atom. The molecular formula is C17H17N3O2S2. The minimum Gasteiger partial charge on any atom is -0.494 e. The number of amides is 1. The van der Waals surface area contributed by atoms with E-state index in [1.165, 1.54) is 16.6 Å². The zero-order valence-corrected chi connectivity index (χ0v) is 15.0. The van der Waals surface area contributed by atoms with Crippen LogP contribution in [0.5, 0.6) is 5.75 Å². The molecule has 5 nitrogen and oxygen atoms in total. The van der Waals surface area contributed by atoms with Crippen LogP contribution in [-0.4, -0.2) is 28.2 Å². The lowest BCUT2D eigenvalue weighted by molar-refractivity contribution is -0.113. The van der Waals surface area contributed by atoms with Crippen molar-refractivity contribution in [1.29, 1.82) is 0 Å². The zero-order valence-electron chi connectivity index (χ0n) is 13.4. The van der Waals surface area contributed by atoms with Gasteiger partial charge in [-0.25, -0.2) is 9.97 Å². The van der Waals surface area contributed by atoms with E-state index in [4.69, 9.17) is 4.74 Å². The highest BCUT2D eigenvalue weighted by Gasteiger charge is 2.10. The molecule has 0 aliphatic rings. The van der Waals surface area contributed by atoms with Crippen molar-refractivity contribution in [3.8, 4) is 5.75 Å². The zero-order chi connectivity index (χ0) is 16.9. The Morgan fingerprint density at radius 3 is 2.83 bits per heavy atom. The number of thioether (sulfide) groups is 1. The number of aromatic nitrogens is 2. The molecular weight excluding hydrogens is 342 g/mol. The molecule has 0 atom stereocenters. The number of benzene rings is 1. The summed E-state index contributed by atoms with van der Waals surface area (Å²) in [6, 6.07) is 9.41. The van der Waals surface area contributed by atoms with Crippen molar-refractivity contribution in [2.24, 2.45) is 0 Å². The Labute approximate surface area is 148 Å². The third-order valence-corrected chi connectivity index (χ3v) is 5.17. The Balaban J connectivity index is 1.60. The van der Waals surface area contributed by atoms with Crippen LogP contribution in [0.4, 0.5) is 5.69 Å². The van der Waals surface area contributed by atoms with Crippen LogP contribution in [-0.2, 0) is 4.79 Å². The predicted octanol–water partition coefficient (Wildman–Crippen LogP) is 4.13. The number of anilines is 1. The molecule has 3 rings (SSSR count). The normalized spacial score (nSPS) is 10.8. The van der Waals surface area contributed by atoms with Crippen molar-refractivity contribution in [3.05, 3.63) is 41.5 Å².